The Bertz CT molecular complexity index is 853. The third kappa shape index (κ3) is 3.21. The summed E-state index contributed by atoms with van der Waals surface area (Å²) in [5.74, 6) is 1.74. The number of para-hydroxylation sites is 1. The van der Waals surface area contributed by atoms with Gasteiger partial charge in [-0.3, -0.25) is 4.79 Å². The topological polar surface area (TPSA) is 69.5 Å². The van der Waals surface area contributed by atoms with Crippen LogP contribution in [0.3, 0.4) is 0 Å². The zero-order valence-corrected chi connectivity index (χ0v) is 14.5. The standard InChI is InChI=1S/C20H20N4O2/c21-13-15-5-6-22-19(11-15)23-7-9-24(10-8-23)20(25)17-12-16-3-1-2-4-18(16)26-14-17/h1-6,11,17H,7-10,12,14H2/t17-/m1/s1. The number of pyridine rings is 1. The second kappa shape index (κ2) is 7.04. The lowest BCUT2D eigenvalue weighted by atomic mass is 9.95. The minimum absolute atomic E-state index is 0.114. The summed E-state index contributed by atoms with van der Waals surface area (Å²) >= 11 is 0. The first-order chi connectivity index (χ1) is 12.7. The van der Waals surface area contributed by atoms with E-state index in [0.29, 0.717) is 25.3 Å². The summed E-state index contributed by atoms with van der Waals surface area (Å²) in [6.07, 6.45) is 2.39. The number of anilines is 1. The van der Waals surface area contributed by atoms with E-state index in [1.54, 1.807) is 18.3 Å². The average molecular weight is 348 g/mol. The van der Waals surface area contributed by atoms with Crippen molar-refractivity contribution < 1.29 is 9.53 Å². The summed E-state index contributed by atoms with van der Waals surface area (Å²) in [7, 11) is 0. The van der Waals surface area contributed by atoms with E-state index in [0.717, 1.165) is 36.6 Å². The number of ether oxygens (including phenoxy) is 1. The molecule has 0 spiro atoms. The van der Waals surface area contributed by atoms with Crippen LogP contribution in [0.4, 0.5) is 5.82 Å². The number of piperazine rings is 1. The first-order valence-electron chi connectivity index (χ1n) is 8.85. The first kappa shape index (κ1) is 16.4. The summed E-state index contributed by atoms with van der Waals surface area (Å²) in [5, 5.41) is 9.03. The number of amides is 1. The number of benzene rings is 1. The van der Waals surface area contributed by atoms with E-state index in [9.17, 15) is 4.79 Å². The molecule has 0 aliphatic carbocycles. The largest absolute Gasteiger partial charge is 0.492 e. The van der Waals surface area contributed by atoms with Gasteiger partial charge in [0, 0.05) is 32.4 Å². The Morgan fingerprint density at radius 2 is 2.00 bits per heavy atom. The van der Waals surface area contributed by atoms with Crippen LogP contribution in [0.15, 0.2) is 42.6 Å². The molecule has 1 saturated heterocycles. The number of aromatic nitrogens is 1. The number of carbonyl (C=O) groups excluding carboxylic acids is 1. The molecule has 2 aromatic rings. The minimum atomic E-state index is -0.114. The van der Waals surface area contributed by atoms with E-state index in [-0.39, 0.29) is 11.8 Å². The molecule has 26 heavy (non-hydrogen) atoms. The van der Waals surface area contributed by atoms with E-state index in [1.165, 1.54) is 0 Å². The Morgan fingerprint density at radius 3 is 2.81 bits per heavy atom. The van der Waals surface area contributed by atoms with Crippen LogP contribution in [0.1, 0.15) is 11.1 Å². The molecule has 1 aromatic carbocycles. The molecule has 2 aliphatic rings. The first-order valence-corrected chi connectivity index (χ1v) is 8.85. The molecule has 132 valence electrons. The third-order valence-corrected chi connectivity index (χ3v) is 5.02. The van der Waals surface area contributed by atoms with Crippen LogP contribution in [-0.4, -0.2) is 48.6 Å². The average Bonchev–Trinajstić information content (AvgIpc) is 2.73. The van der Waals surface area contributed by atoms with Gasteiger partial charge in [0.2, 0.25) is 5.91 Å². The van der Waals surface area contributed by atoms with Gasteiger partial charge in [-0.15, -0.1) is 0 Å². The molecule has 0 radical (unpaired) electrons. The van der Waals surface area contributed by atoms with Crippen LogP contribution >= 0.6 is 0 Å². The van der Waals surface area contributed by atoms with Gasteiger partial charge in [-0.25, -0.2) is 4.98 Å². The van der Waals surface area contributed by atoms with Crippen molar-refractivity contribution in [2.24, 2.45) is 5.92 Å². The maximum absolute atomic E-state index is 12.9. The van der Waals surface area contributed by atoms with E-state index >= 15 is 0 Å². The minimum Gasteiger partial charge on any atom is -0.492 e. The molecular formula is C20H20N4O2. The van der Waals surface area contributed by atoms with Gasteiger partial charge < -0.3 is 14.5 Å². The summed E-state index contributed by atoms with van der Waals surface area (Å²) in [6.45, 7) is 3.21. The molecule has 4 rings (SSSR count). The summed E-state index contributed by atoms with van der Waals surface area (Å²) in [4.78, 5) is 21.3. The van der Waals surface area contributed by atoms with Crippen LogP contribution in [0.5, 0.6) is 5.75 Å². The third-order valence-electron chi connectivity index (χ3n) is 5.02. The van der Waals surface area contributed by atoms with Crippen molar-refractivity contribution >= 4 is 11.7 Å². The molecule has 6 heteroatoms. The molecule has 0 bridgehead atoms. The number of hydrogen-bond acceptors (Lipinski definition) is 5. The fourth-order valence-electron chi connectivity index (χ4n) is 3.56. The fourth-order valence-corrected chi connectivity index (χ4v) is 3.56. The summed E-state index contributed by atoms with van der Waals surface area (Å²) in [5.41, 5.74) is 1.71. The van der Waals surface area contributed by atoms with Crippen molar-refractivity contribution in [3.63, 3.8) is 0 Å². The number of carbonyl (C=O) groups is 1. The van der Waals surface area contributed by atoms with Crippen LogP contribution in [0, 0.1) is 17.2 Å². The number of fused-ring (bicyclic) bond motifs is 1. The molecule has 0 unspecified atom stereocenters. The highest BCUT2D eigenvalue weighted by Gasteiger charge is 2.31. The molecular weight excluding hydrogens is 328 g/mol. The van der Waals surface area contributed by atoms with E-state index in [1.807, 2.05) is 29.2 Å². The van der Waals surface area contributed by atoms with Crippen LogP contribution < -0.4 is 9.64 Å². The number of rotatable bonds is 2. The highest BCUT2D eigenvalue weighted by molar-refractivity contribution is 5.80. The lowest BCUT2D eigenvalue weighted by molar-refractivity contribution is -0.137. The monoisotopic (exact) mass is 348 g/mol. The maximum atomic E-state index is 12.9. The quantitative estimate of drug-likeness (QED) is 0.828. The van der Waals surface area contributed by atoms with Gasteiger partial charge in [0.05, 0.1) is 17.6 Å². The van der Waals surface area contributed by atoms with E-state index in [4.69, 9.17) is 10.00 Å². The SMILES string of the molecule is N#Cc1ccnc(N2CCN(C(=O)[C@H]3COc4ccccc4C3)CC2)c1. The van der Waals surface area contributed by atoms with Gasteiger partial charge in [-0.05, 0) is 30.2 Å². The highest BCUT2D eigenvalue weighted by atomic mass is 16.5. The van der Waals surface area contributed by atoms with Gasteiger partial charge in [0.25, 0.3) is 0 Å². The normalized spacial score (nSPS) is 19.3. The van der Waals surface area contributed by atoms with Gasteiger partial charge in [-0.2, -0.15) is 5.26 Å². The molecule has 3 heterocycles. The molecule has 1 fully saturated rings. The van der Waals surface area contributed by atoms with Crippen molar-refractivity contribution in [2.45, 2.75) is 6.42 Å². The second-order valence-corrected chi connectivity index (χ2v) is 6.65. The zero-order valence-electron chi connectivity index (χ0n) is 14.5. The summed E-state index contributed by atoms with van der Waals surface area (Å²) < 4.78 is 5.77. The van der Waals surface area contributed by atoms with E-state index < -0.39 is 0 Å². The zero-order chi connectivity index (χ0) is 17.9. The maximum Gasteiger partial charge on any atom is 0.229 e. The molecule has 6 nitrogen and oxygen atoms in total. The van der Waals surface area contributed by atoms with Crippen LogP contribution in [-0.2, 0) is 11.2 Å². The van der Waals surface area contributed by atoms with Crippen molar-refractivity contribution in [3.8, 4) is 11.8 Å². The molecule has 0 N–H and O–H groups in total. The number of nitrogens with zero attached hydrogens (tertiary/aromatic N) is 4. The highest BCUT2D eigenvalue weighted by Crippen LogP contribution is 2.28. The molecule has 0 saturated carbocycles. The van der Waals surface area contributed by atoms with E-state index in [2.05, 4.69) is 16.0 Å². The van der Waals surface area contributed by atoms with Crippen molar-refractivity contribution in [3.05, 3.63) is 53.7 Å². The Morgan fingerprint density at radius 1 is 1.19 bits per heavy atom. The van der Waals surface area contributed by atoms with Gasteiger partial charge >= 0.3 is 0 Å². The smallest absolute Gasteiger partial charge is 0.229 e. The Kier molecular flexibility index (Phi) is 4.44. The predicted octanol–water partition coefficient (Wildman–Crippen LogP) is 1.85. The second-order valence-electron chi connectivity index (χ2n) is 6.65. The lowest BCUT2D eigenvalue weighted by Crippen LogP contribution is -2.51. The van der Waals surface area contributed by atoms with Crippen molar-refractivity contribution in [2.75, 3.05) is 37.7 Å². The Hall–Kier alpha value is -3.07. The molecule has 2 aliphatic heterocycles. The van der Waals surface area contributed by atoms with Crippen molar-refractivity contribution in [1.82, 2.24) is 9.88 Å². The number of hydrogen-bond donors (Lipinski definition) is 0. The lowest BCUT2D eigenvalue weighted by Gasteiger charge is -2.37. The number of nitriles is 1. The Labute approximate surface area is 152 Å². The summed E-state index contributed by atoms with van der Waals surface area (Å²) in [6, 6.07) is 13.6. The van der Waals surface area contributed by atoms with Crippen LogP contribution in [0.2, 0.25) is 0 Å². The molecule has 1 aromatic heterocycles. The van der Waals surface area contributed by atoms with Gasteiger partial charge in [0.15, 0.2) is 0 Å². The fraction of sp³-hybridized carbons (Fsp3) is 0.350. The van der Waals surface area contributed by atoms with Crippen molar-refractivity contribution in [1.29, 1.82) is 5.26 Å². The molecule has 1 amide bonds. The molecule has 1 atom stereocenters. The Balaban J connectivity index is 1.37. The van der Waals surface area contributed by atoms with Crippen LogP contribution in [0.25, 0.3) is 0 Å². The van der Waals surface area contributed by atoms with Gasteiger partial charge in [-0.1, -0.05) is 18.2 Å². The predicted molar refractivity (Wildman–Crippen MR) is 96.9 cm³/mol. The van der Waals surface area contributed by atoms with Gasteiger partial charge in [0.1, 0.15) is 18.2 Å².